The van der Waals surface area contributed by atoms with Crippen LogP contribution in [0.2, 0.25) is 5.02 Å². The molecular weight excluding hydrogens is 344 g/mol. The fourth-order valence-electron chi connectivity index (χ4n) is 2.53. The van der Waals surface area contributed by atoms with E-state index in [1.165, 1.54) is 19.2 Å². The highest BCUT2D eigenvalue weighted by molar-refractivity contribution is 6.32. The van der Waals surface area contributed by atoms with E-state index < -0.39 is 5.63 Å². The molecule has 3 rings (SSSR count). The van der Waals surface area contributed by atoms with Gasteiger partial charge < -0.3 is 13.9 Å². The van der Waals surface area contributed by atoms with E-state index in [4.69, 9.17) is 25.5 Å². The molecule has 128 valence electrons. The highest BCUT2D eigenvalue weighted by Crippen LogP contribution is 2.31. The van der Waals surface area contributed by atoms with Crippen LogP contribution < -0.4 is 15.1 Å². The van der Waals surface area contributed by atoms with Gasteiger partial charge in [0.2, 0.25) is 5.78 Å². The Balaban J connectivity index is 1.87. The Hall–Kier alpha value is -2.79. The first kappa shape index (κ1) is 17.0. The van der Waals surface area contributed by atoms with Gasteiger partial charge in [-0.05, 0) is 30.7 Å². The van der Waals surface area contributed by atoms with Crippen LogP contribution in [-0.2, 0) is 0 Å². The SMILES string of the molecule is COc1ccccc1C(=O)COc1cc2oc(=O)cc(C)c2cc1Cl. The third kappa shape index (κ3) is 3.51. The number of para-hydroxylation sites is 1. The van der Waals surface area contributed by atoms with E-state index in [2.05, 4.69) is 0 Å². The molecule has 0 unspecified atom stereocenters. The summed E-state index contributed by atoms with van der Waals surface area (Å²) in [6.45, 7) is 1.57. The van der Waals surface area contributed by atoms with Gasteiger partial charge in [0, 0.05) is 17.5 Å². The number of rotatable bonds is 5. The minimum atomic E-state index is -0.455. The molecule has 6 heteroatoms. The topological polar surface area (TPSA) is 65.7 Å². The number of Topliss-reactive ketones (excluding diaryl/α,β-unsaturated/α-hetero) is 1. The van der Waals surface area contributed by atoms with Crippen LogP contribution >= 0.6 is 11.6 Å². The molecule has 0 radical (unpaired) electrons. The number of halogens is 1. The van der Waals surface area contributed by atoms with Crippen molar-refractivity contribution in [1.29, 1.82) is 0 Å². The summed E-state index contributed by atoms with van der Waals surface area (Å²) in [5.74, 6) is 0.493. The lowest BCUT2D eigenvalue weighted by molar-refractivity contribution is 0.0918. The number of hydrogen-bond acceptors (Lipinski definition) is 5. The summed E-state index contributed by atoms with van der Waals surface area (Å²) in [7, 11) is 1.50. The average molecular weight is 359 g/mol. The zero-order chi connectivity index (χ0) is 18.0. The van der Waals surface area contributed by atoms with Crippen molar-refractivity contribution >= 4 is 28.4 Å². The molecule has 0 saturated carbocycles. The Labute approximate surface area is 148 Å². The minimum Gasteiger partial charge on any atom is -0.496 e. The number of methoxy groups -OCH3 is 1. The summed E-state index contributed by atoms with van der Waals surface area (Å²) in [5.41, 5.74) is 1.08. The normalized spacial score (nSPS) is 10.7. The lowest BCUT2D eigenvalue weighted by Gasteiger charge is -2.11. The molecule has 0 aliphatic heterocycles. The number of benzene rings is 2. The molecule has 2 aromatic carbocycles. The Morgan fingerprint density at radius 1 is 1.16 bits per heavy atom. The third-order valence-corrected chi connectivity index (χ3v) is 4.07. The number of carbonyl (C=O) groups is 1. The van der Waals surface area contributed by atoms with Crippen LogP contribution in [0.1, 0.15) is 15.9 Å². The maximum absolute atomic E-state index is 12.4. The van der Waals surface area contributed by atoms with Crippen LogP contribution in [0.5, 0.6) is 11.5 Å². The highest BCUT2D eigenvalue weighted by atomic mass is 35.5. The predicted molar refractivity (Wildman–Crippen MR) is 95.1 cm³/mol. The summed E-state index contributed by atoms with van der Waals surface area (Å²) in [4.78, 5) is 23.9. The second-order valence-corrected chi connectivity index (χ2v) is 5.85. The molecule has 0 N–H and O–H groups in total. The second-order valence-electron chi connectivity index (χ2n) is 5.44. The number of fused-ring (bicyclic) bond motifs is 1. The van der Waals surface area contributed by atoms with E-state index >= 15 is 0 Å². The predicted octanol–water partition coefficient (Wildman–Crippen LogP) is 4.03. The van der Waals surface area contributed by atoms with Crippen molar-refractivity contribution in [2.45, 2.75) is 6.92 Å². The molecule has 1 heterocycles. The van der Waals surface area contributed by atoms with Crippen molar-refractivity contribution in [2.24, 2.45) is 0 Å². The first-order chi connectivity index (χ1) is 12.0. The van der Waals surface area contributed by atoms with Gasteiger partial charge in [-0.3, -0.25) is 4.79 Å². The van der Waals surface area contributed by atoms with Gasteiger partial charge in [0.15, 0.2) is 6.61 Å². The Kier molecular flexibility index (Phi) is 4.76. The lowest BCUT2D eigenvalue weighted by atomic mass is 10.1. The van der Waals surface area contributed by atoms with E-state index in [1.54, 1.807) is 37.3 Å². The maximum Gasteiger partial charge on any atom is 0.336 e. The van der Waals surface area contributed by atoms with E-state index in [-0.39, 0.29) is 18.1 Å². The summed E-state index contributed by atoms with van der Waals surface area (Å²) >= 11 is 6.22. The fourth-order valence-corrected chi connectivity index (χ4v) is 2.74. The molecule has 1 aromatic heterocycles. The standard InChI is InChI=1S/C19H15ClO5/c1-11-7-19(22)25-17-9-18(14(20)8-13(11)17)24-10-15(21)12-5-3-4-6-16(12)23-2/h3-9H,10H2,1-2H3. The zero-order valence-electron chi connectivity index (χ0n) is 13.7. The first-order valence-corrected chi connectivity index (χ1v) is 7.90. The molecule has 0 aliphatic rings. The van der Waals surface area contributed by atoms with Gasteiger partial charge in [0.1, 0.15) is 17.1 Å². The molecule has 5 nitrogen and oxygen atoms in total. The minimum absolute atomic E-state index is 0.221. The van der Waals surface area contributed by atoms with Crippen molar-refractivity contribution in [3.8, 4) is 11.5 Å². The van der Waals surface area contributed by atoms with E-state index in [0.717, 1.165) is 5.56 Å². The molecule has 0 fully saturated rings. The summed E-state index contributed by atoms with van der Waals surface area (Å²) < 4.78 is 15.9. The molecule has 0 aliphatic carbocycles. The van der Waals surface area contributed by atoms with E-state index in [1.807, 2.05) is 0 Å². The quantitative estimate of drug-likeness (QED) is 0.509. The van der Waals surface area contributed by atoms with Gasteiger partial charge in [-0.2, -0.15) is 0 Å². The van der Waals surface area contributed by atoms with Gasteiger partial charge in [-0.1, -0.05) is 23.7 Å². The Morgan fingerprint density at radius 2 is 1.92 bits per heavy atom. The fraction of sp³-hybridized carbons (Fsp3) is 0.158. The van der Waals surface area contributed by atoms with Gasteiger partial charge in [-0.25, -0.2) is 4.79 Å². The summed E-state index contributed by atoms with van der Waals surface area (Å²) in [6, 6.07) is 11.4. The van der Waals surface area contributed by atoms with Gasteiger partial charge in [0.05, 0.1) is 17.7 Å². The summed E-state index contributed by atoms with van der Waals surface area (Å²) in [6.07, 6.45) is 0. The number of hydrogen-bond donors (Lipinski definition) is 0. The molecule has 0 bridgehead atoms. The van der Waals surface area contributed by atoms with Crippen molar-refractivity contribution in [3.05, 3.63) is 69.0 Å². The van der Waals surface area contributed by atoms with Crippen LogP contribution in [0.4, 0.5) is 0 Å². The van der Waals surface area contributed by atoms with Crippen LogP contribution in [-0.4, -0.2) is 19.5 Å². The van der Waals surface area contributed by atoms with Crippen molar-refractivity contribution < 1.29 is 18.7 Å². The van der Waals surface area contributed by atoms with E-state index in [0.29, 0.717) is 27.3 Å². The Bertz CT molecular complexity index is 1010. The van der Waals surface area contributed by atoms with Crippen LogP contribution in [0.15, 0.2) is 51.7 Å². The smallest absolute Gasteiger partial charge is 0.336 e. The second kappa shape index (κ2) is 6.99. The van der Waals surface area contributed by atoms with E-state index in [9.17, 15) is 9.59 Å². The largest absolute Gasteiger partial charge is 0.496 e. The maximum atomic E-state index is 12.4. The first-order valence-electron chi connectivity index (χ1n) is 7.52. The van der Waals surface area contributed by atoms with Crippen molar-refractivity contribution in [2.75, 3.05) is 13.7 Å². The number of carbonyl (C=O) groups excluding carboxylic acids is 1. The van der Waals surface area contributed by atoms with Gasteiger partial charge in [-0.15, -0.1) is 0 Å². The van der Waals surface area contributed by atoms with Crippen molar-refractivity contribution in [3.63, 3.8) is 0 Å². The molecular formula is C19H15ClO5. The molecule has 3 aromatic rings. The zero-order valence-corrected chi connectivity index (χ0v) is 14.4. The molecule has 0 atom stereocenters. The monoisotopic (exact) mass is 358 g/mol. The average Bonchev–Trinajstić information content (AvgIpc) is 2.60. The van der Waals surface area contributed by atoms with Gasteiger partial charge in [0.25, 0.3) is 0 Å². The van der Waals surface area contributed by atoms with Crippen LogP contribution in [0.3, 0.4) is 0 Å². The molecule has 0 amide bonds. The van der Waals surface area contributed by atoms with Crippen LogP contribution in [0.25, 0.3) is 11.0 Å². The lowest BCUT2D eigenvalue weighted by Crippen LogP contribution is -2.13. The molecule has 25 heavy (non-hydrogen) atoms. The Morgan fingerprint density at radius 3 is 2.68 bits per heavy atom. The highest BCUT2D eigenvalue weighted by Gasteiger charge is 2.14. The van der Waals surface area contributed by atoms with Crippen molar-refractivity contribution in [1.82, 2.24) is 0 Å². The third-order valence-electron chi connectivity index (χ3n) is 3.77. The number of ketones is 1. The van der Waals surface area contributed by atoms with Crippen LogP contribution in [0, 0.1) is 6.92 Å². The number of ether oxygens (including phenoxy) is 2. The summed E-state index contributed by atoms with van der Waals surface area (Å²) in [5, 5.41) is 1.05. The molecule has 0 saturated heterocycles. The van der Waals surface area contributed by atoms with Gasteiger partial charge >= 0.3 is 5.63 Å². The molecule has 0 spiro atoms. The number of aryl methyl sites for hydroxylation is 1.